The summed E-state index contributed by atoms with van der Waals surface area (Å²) in [5.41, 5.74) is 0. The van der Waals surface area contributed by atoms with E-state index < -0.39 is 0 Å². The summed E-state index contributed by atoms with van der Waals surface area (Å²) in [5.74, 6) is 0.917. The highest BCUT2D eigenvalue weighted by molar-refractivity contribution is 7.99. The quantitative estimate of drug-likeness (QED) is 0.786. The van der Waals surface area contributed by atoms with Crippen LogP contribution in [0, 0.1) is 0 Å². The van der Waals surface area contributed by atoms with Crippen LogP contribution in [-0.4, -0.2) is 40.9 Å². The first-order valence-electron chi connectivity index (χ1n) is 6.99. The van der Waals surface area contributed by atoms with Crippen molar-refractivity contribution in [3.8, 4) is 0 Å². The van der Waals surface area contributed by atoms with Crippen LogP contribution in [0.5, 0.6) is 0 Å². The Kier molecular flexibility index (Phi) is 6.20. The van der Waals surface area contributed by atoms with Crippen LogP contribution < -0.4 is 0 Å². The van der Waals surface area contributed by atoms with E-state index in [0.29, 0.717) is 19.0 Å². The number of carbonyl (C=O) groups excluding carboxylic acids is 1. The van der Waals surface area contributed by atoms with Gasteiger partial charge in [-0.2, -0.15) is 0 Å². The van der Waals surface area contributed by atoms with Crippen molar-refractivity contribution in [1.82, 2.24) is 4.90 Å². The fourth-order valence-corrected chi connectivity index (χ4v) is 3.21. The topological polar surface area (TPSA) is 40.5 Å². The number of aliphatic hydroxyl groups excluding tert-OH is 1. The van der Waals surface area contributed by atoms with Crippen molar-refractivity contribution in [3.05, 3.63) is 29.3 Å². The van der Waals surface area contributed by atoms with Gasteiger partial charge in [0.1, 0.15) is 0 Å². The van der Waals surface area contributed by atoms with Crippen LogP contribution in [0.15, 0.2) is 29.2 Å². The zero-order chi connectivity index (χ0) is 14.4. The molecule has 1 fully saturated rings. The fraction of sp³-hybridized carbons (Fsp3) is 0.533. The molecule has 1 N–H and O–H groups in total. The molecule has 0 radical (unpaired) electrons. The first-order chi connectivity index (χ1) is 9.70. The first kappa shape index (κ1) is 15.7. The summed E-state index contributed by atoms with van der Waals surface area (Å²) < 4.78 is 0. The van der Waals surface area contributed by atoms with Gasteiger partial charge in [-0.1, -0.05) is 11.6 Å². The highest BCUT2D eigenvalue weighted by Gasteiger charge is 2.27. The summed E-state index contributed by atoms with van der Waals surface area (Å²) >= 11 is 7.50. The molecule has 0 aromatic heterocycles. The van der Waals surface area contributed by atoms with E-state index in [1.54, 1.807) is 11.8 Å². The minimum Gasteiger partial charge on any atom is -0.395 e. The Morgan fingerprint density at radius 2 is 2.05 bits per heavy atom. The predicted octanol–water partition coefficient (Wildman–Crippen LogP) is 3.20. The SMILES string of the molecule is O=C(CCSc1ccc(Cl)cc1)N(CCO)C1CCC1. The number of halogens is 1. The van der Waals surface area contributed by atoms with Crippen molar-refractivity contribution in [3.63, 3.8) is 0 Å². The van der Waals surface area contributed by atoms with Gasteiger partial charge in [0.25, 0.3) is 0 Å². The van der Waals surface area contributed by atoms with Crippen molar-refractivity contribution >= 4 is 29.3 Å². The lowest BCUT2D eigenvalue weighted by molar-refractivity contribution is -0.135. The van der Waals surface area contributed by atoms with Gasteiger partial charge in [-0.3, -0.25) is 4.79 Å². The number of hydrogen-bond donors (Lipinski definition) is 1. The van der Waals surface area contributed by atoms with Crippen molar-refractivity contribution in [2.24, 2.45) is 0 Å². The number of hydrogen-bond acceptors (Lipinski definition) is 3. The maximum absolute atomic E-state index is 12.2. The fourth-order valence-electron chi connectivity index (χ4n) is 2.25. The first-order valence-corrected chi connectivity index (χ1v) is 8.36. The van der Waals surface area contributed by atoms with Gasteiger partial charge in [0.05, 0.1) is 6.61 Å². The normalized spacial score (nSPS) is 14.9. The Morgan fingerprint density at radius 3 is 2.60 bits per heavy atom. The van der Waals surface area contributed by atoms with Gasteiger partial charge in [0.2, 0.25) is 5.91 Å². The monoisotopic (exact) mass is 313 g/mol. The van der Waals surface area contributed by atoms with E-state index in [1.807, 2.05) is 29.2 Å². The second kappa shape index (κ2) is 7.91. The molecule has 0 heterocycles. The Balaban J connectivity index is 1.76. The molecule has 0 bridgehead atoms. The van der Waals surface area contributed by atoms with Gasteiger partial charge < -0.3 is 10.0 Å². The van der Waals surface area contributed by atoms with E-state index in [2.05, 4.69) is 0 Å². The van der Waals surface area contributed by atoms with Crippen LogP contribution in [0.2, 0.25) is 5.02 Å². The number of amides is 1. The molecule has 20 heavy (non-hydrogen) atoms. The van der Waals surface area contributed by atoms with Crippen molar-refractivity contribution < 1.29 is 9.90 Å². The smallest absolute Gasteiger partial charge is 0.223 e. The zero-order valence-corrected chi connectivity index (χ0v) is 13.0. The summed E-state index contributed by atoms with van der Waals surface area (Å²) in [6.07, 6.45) is 3.87. The van der Waals surface area contributed by atoms with Gasteiger partial charge in [-0.15, -0.1) is 11.8 Å². The van der Waals surface area contributed by atoms with Crippen molar-refractivity contribution in [1.29, 1.82) is 0 Å². The van der Waals surface area contributed by atoms with E-state index in [1.165, 1.54) is 6.42 Å². The molecule has 110 valence electrons. The maximum atomic E-state index is 12.2. The van der Waals surface area contributed by atoms with Crippen LogP contribution in [-0.2, 0) is 4.79 Å². The third kappa shape index (κ3) is 4.40. The van der Waals surface area contributed by atoms with E-state index in [0.717, 1.165) is 28.5 Å². The van der Waals surface area contributed by atoms with Crippen LogP contribution in [0.3, 0.4) is 0 Å². The average molecular weight is 314 g/mol. The number of rotatable bonds is 7. The number of thioether (sulfide) groups is 1. The van der Waals surface area contributed by atoms with Gasteiger partial charge >= 0.3 is 0 Å². The van der Waals surface area contributed by atoms with Crippen molar-refractivity contribution in [2.45, 2.75) is 36.6 Å². The Labute approximate surface area is 129 Å². The summed E-state index contributed by atoms with van der Waals surface area (Å²) in [7, 11) is 0. The molecule has 0 unspecified atom stereocenters. The molecule has 0 spiro atoms. The van der Waals surface area contributed by atoms with Gasteiger partial charge in [-0.05, 0) is 43.5 Å². The van der Waals surface area contributed by atoms with Crippen LogP contribution in [0.1, 0.15) is 25.7 Å². The molecule has 0 aliphatic heterocycles. The molecule has 1 saturated carbocycles. The van der Waals surface area contributed by atoms with Gasteiger partial charge in [0.15, 0.2) is 0 Å². The molecule has 1 amide bonds. The average Bonchev–Trinajstić information content (AvgIpc) is 2.38. The van der Waals surface area contributed by atoms with Crippen LogP contribution >= 0.6 is 23.4 Å². The molecular weight excluding hydrogens is 294 g/mol. The molecular formula is C15H20ClNO2S. The number of nitrogens with zero attached hydrogens (tertiary/aromatic N) is 1. The summed E-state index contributed by atoms with van der Waals surface area (Å²) in [5, 5.41) is 9.80. The lowest BCUT2D eigenvalue weighted by Crippen LogP contribution is -2.45. The molecule has 5 heteroatoms. The lowest BCUT2D eigenvalue weighted by Gasteiger charge is -2.37. The maximum Gasteiger partial charge on any atom is 0.223 e. The highest BCUT2D eigenvalue weighted by atomic mass is 35.5. The minimum atomic E-state index is 0.0482. The summed E-state index contributed by atoms with van der Waals surface area (Å²) in [6, 6.07) is 8.01. The highest BCUT2D eigenvalue weighted by Crippen LogP contribution is 2.26. The molecule has 1 aliphatic rings. The van der Waals surface area contributed by atoms with E-state index in [-0.39, 0.29) is 12.5 Å². The lowest BCUT2D eigenvalue weighted by atomic mass is 9.91. The van der Waals surface area contributed by atoms with Crippen molar-refractivity contribution in [2.75, 3.05) is 18.9 Å². The molecule has 3 nitrogen and oxygen atoms in total. The molecule has 1 aliphatic carbocycles. The Hall–Kier alpha value is -0.710. The molecule has 0 saturated heterocycles. The number of carbonyl (C=O) groups is 1. The zero-order valence-electron chi connectivity index (χ0n) is 11.4. The minimum absolute atomic E-state index is 0.0482. The third-order valence-electron chi connectivity index (χ3n) is 3.58. The molecule has 1 aromatic rings. The Bertz CT molecular complexity index is 434. The van der Waals surface area contributed by atoms with E-state index >= 15 is 0 Å². The van der Waals surface area contributed by atoms with Gasteiger partial charge in [-0.25, -0.2) is 0 Å². The standard InChI is InChI=1S/C15H20ClNO2S/c16-12-4-6-14(7-5-12)20-11-8-15(19)17(9-10-18)13-2-1-3-13/h4-7,13,18H,1-3,8-11H2. The third-order valence-corrected chi connectivity index (χ3v) is 4.84. The molecule has 0 atom stereocenters. The van der Waals surface area contributed by atoms with Crippen LogP contribution in [0.4, 0.5) is 0 Å². The van der Waals surface area contributed by atoms with Crippen LogP contribution in [0.25, 0.3) is 0 Å². The second-order valence-corrected chi connectivity index (χ2v) is 6.55. The number of aliphatic hydroxyl groups is 1. The summed E-state index contributed by atoms with van der Waals surface area (Å²) in [6.45, 7) is 0.516. The largest absolute Gasteiger partial charge is 0.395 e. The van der Waals surface area contributed by atoms with Gasteiger partial charge in [0, 0.05) is 34.7 Å². The Morgan fingerprint density at radius 1 is 1.35 bits per heavy atom. The number of benzene rings is 1. The molecule has 2 rings (SSSR count). The second-order valence-electron chi connectivity index (χ2n) is 4.95. The summed E-state index contributed by atoms with van der Waals surface area (Å²) in [4.78, 5) is 15.2. The van der Waals surface area contributed by atoms with E-state index in [9.17, 15) is 4.79 Å². The van der Waals surface area contributed by atoms with E-state index in [4.69, 9.17) is 16.7 Å². The molecule has 1 aromatic carbocycles. The predicted molar refractivity (Wildman–Crippen MR) is 83.2 cm³/mol.